The highest BCUT2D eigenvalue weighted by Gasteiger charge is 2.42. The van der Waals surface area contributed by atoms with Gasteiger partial charge in [0.1, 0.15) is 11.4 Å². The Hall–Kier alpha value is -0.780. The molecule has 0 amide bonds. The molecule has 0 bridgehead atoms. The fourth-order valence-electron chi connectivity index (χ4n) is 3.67. The van der Waals surface area contributed by atoms with Crippen molar-refractivity contribution in [3.63, 3.8) is 0 Å². The molecule has 120 valence electrons. The van der Waals surface area contributed by atoms with E-state index in [4.69, 9.17) is 4.74 Å². The number of nitrogens with zero attached hydrogens (tertiary/aromatic N) is 1. The summed E-state index contributed by atoms with van der Waals surface area (Å²) in [5.74, 6) is 0. The van der Waals surface area contributed by atoms with Crippen LogP contribution in [0.25, 0.3) is 0 Å². The Labute approximate surface area is 127 Å². The Morgan fingerprint density at radius 1 is 1.14 bits per heavy atom. The minimum absolute atomic E-state index is 0.205. The zero-order valence-corrected chi connectivity index (χ0v) is 13.8. The average molecular weight is 314 g/mol. The quantitative estimate of drug-likeness (QED) is 0.808. The molecule has 3 aliphatic rings. The zero-order chi connectivity index (χ0) is 15.1. The molecule has 5 nitrogen and oxygen atoms in total. The van der Waals surface area contributed by atoms with Crippen molar-refractivity contribution >= 4 is 16.0 Å². The fraction of sp³-hybridized carbons (Fsp3) is 0.933. The van der Waals surface area contributed by atoms with E-state index in [0.717, 1.165) is 44.9 Å². The van der Waals surface area contributed by atoms with Crippen LogP contribution >= 0.6 is 0 Å². The van der Waals surface area contributed by atoms with Crippen molar-refractivity contribution in [2.45, 2.75) is 82.6 Å². The Kier molecular flexibility index (Phi) is 3.93. The second kappa shape index (κ2) is 5.45. The summed E-state index contributed by atoms with van der Waals surface area (Å²) in [6.07, 6.45) is 7.69. The van der Waals surface area contributed by atoms with Gasteiger partial charge in [0.15, 0.2) is 0 Å². The van der Waals surface area contributed by atoms with E-state index in [1.807, 2.05) is 0 Å². The summed E-state index contributed by atoms with van der Waals surface area (Å²) in [7, 11) is -3.41. The molecule has 2 atom stereocenters. The summed E-state index contributed by atoms with van der Waals surface area (Å²) in [6, 6.07) is 0.523. The van der Waals surface area contributed by atoms with Crippen molar-refractivity contribution in [3.8, 4) is 0 Å². The van der Waals surface area contributed by atoms with Gasteiger partial charge in [-0.25, -0.2) is 8.42 Å². The van der Waals surface area contributed by atoms with E-state index in [2.05, 4.69) is 23.6 Å². The van der Waals surface area contributed by atoms with Gasteiger partial charge >= 0.3 is 6.02 Å². The highest BCUT2D eigenvalue weighted by Crippen LogP contribution is 2.35. The predicted octanol–water partition coefficient (Wildman–Crippen LogP) is 2.57. The van der Waals surface area contributed by atoms with Crippen LogP contribution in [-0.2, 0) is 14.8 Å². The van der Waals surface area contributed by atoms with Crippen molar-refractivity contribution in [1.82, 2.24) is 5.32 Å². The lowest BCUT2D eigenvalue weighted by atomic mass is 9.76. The molecule has 0 spiro atoms. The molecule has 6 heteroatoms. The number of nitrogens with one attached hydrogen (secondary N) is 1. The van der Waals surface area contributed by atoms with Crippen LogP contribution in [0.5, 0.6) is 0 Å². The maximum Gasteiger partial charge on any atom is 0.301 e. The molecule has 0 aromatic rings. The minimum atomic E-state index is -3.41. The number of rotatable bonds is 1. The molecule has 2 aliphatic carbocycles. The van der Waals surface area contributed by atoms with Gasteiger partial charge in [0, 0.05) is 6.04 Å². The second-order valence-electron chi connectivity index (χ2n) is 7.47. The molecule has 0 saturated heterocycles. The molecule has 1 aliphatic heterocycles. The standard InChI is InChI=1S/C15H26N2O3S/c1-15(2)9-7-11(8-10-15)16-14-17-21(18,19)13-6-4-3-5-12(13)20-14/h11-13H,3-10H2,1-2H3,(H,16,17). The van der Waals surface area contributed by atoms with Gasteiger partial charge in [0.2, 0.25) is 0 Å². The first-order valence-corrected chi connectivity index (χ1v) is 9.63. The lowest BCUT2D eigenvalue weighted by Crippen LogP contribution is -2.49. The van der Waals surface area contributed by atoms with Gasteiger partial charge in [-0.15, -0.1) is 4.40 Å². The molecule has 3 rings (SSSR count). The van der Waals surface area contributed by atoms with Gasteiger partial charge in [-0.05, 0) is 50.4 Å². The van der Waals surface area contributed by atoms with Crippen molar-refractivity contribution in [1.29, 1.82) is 0 Å². The smallest absolute Gasteiger partial charge is 0.301 e. The van der Waals surface area contributed by atoms with E-state index in [1.165, 1.54) is 0 Å². The van der Waals surface area contributed by atoms with Crippen LogP contribution in [-0.4, -0.2) is 31.8 Å². The van der Waals surface area contributed by atoms with Gasteiger partial charge in [-0.3, -0.25) is 0 Å². The monoisotopic (exact) mass is 314 g/mol. The van der Waals surface area contributed by atoms with Gasteiger partial charge in [0.25, 0.3) is 10.0 Å². The predicted molar refractivity (Wildman–Crippen MR) is 82.7 cm³/mol. The molecule has 0 aromatic heterocycles. The average Bonchev–Trinajstić information content (AvgIpc) is 2.41. The number of amidine groups is 1. The number of hydrogen-bond donors (Lipinski definition) is 1. The summed E-state index contributed by atoms with van der Waals surface area (Å²) in [5, 5.41) is 2.80. The Balaban J connectivity index is 1.67. The zero-order valence-electron chi connectivity index (χ0n) is 13.0. The van der Waals surface area contributed by atoms with Gasteiger partial charge in [0.05, 0.1) is 0 Å². The molecule has 0 aromatic carbocycles. The number of ether oxygens (including phenoxy) is 1. The summed E-state index contributed by atoms with van der Waals surface area (Å²) >= 11 is 0. The van der Waals surface area contributed by atoms with Crippen molar-refractivity contribution in [2.24, 2.45) is 9.81 Å². The van der Waals surface area contributed by atoms with Crippen molar-refractivity contribution in [3.05, 3.63) is 0 Å². The molecular formula is C15H26N2O3S. The van der Waals surface area contributed by atoms with E-state index in [9.17, 15) is 8.42 Å². The Morgan fingerprint density at radius 3 is 2.52 bits per heavy atom. The third-order valence-corrected chi connectivity index (χ3v) is 6.89. The SMILES string of the molecule is CC1(C)CCC(NC2=NS(=O)(=O)C3CCCCC3O2)CC1. The lowest BCUT2D eigenvalue weighted by molar-refractivity contribution is 0.127. The van der Waals surface area contributed by atoms with Crippen LogP contribution in [0.4, 0.5) is 0 Å². The van der Waals surface area contributed by atoms with Crippen LogP contribution in [0.1, 0.15) is 65.2 Å². The number of fused-ring (bicyclic) bond motifs is 1. The highest BCUT2D eigenvalue weighted by molar-refractivity contribution is 7.91. The van der Waals surface area contributed by atoms with Gasteiger partial charge in [-0.2, -0.15) is 0 Å². The molecule has 2 unspecified atom stereocenters. The van der Waals surface area contributed by atoms with Crippen molar-refractivity contribution in [2.75, 3.05) is 0 Å². The highest BCUT2D eigenvalue weighted by atomic mass is 32.2. The molecular weight excluding hydrogens is 288 g/mol. The van der Waals surface area contributed by atoms with E-state index < -0.39 is 15.3 Å². The van der Waals surface area contributed by atoms with Gasteiger partial charge < -0.3 is 10.1 Å². The molecule has 1 N–H and O–H groups in total. The summed E-state index contributed by atoms with van der Waals surface area (Å²) in [6.45, 7) is 4.57. The first-order chi connectivity index (χ1) is 9.86. The van der Waals surface area contributed by atoms with E-state index in [1.54, 1.807) is 0 Å². The van der Waals surface area contributed by atoms with Crippen LogP contribution in [0.15, 0.2) is 4.40 Å². The molecule has 2 saturated carbocycles. The van der Waals surface area contributed by atoms with Crippen LogP contribution in [0.2, 0.25) is 0 Å². The van der Waals surface area contributed by atoms with Crippen LogP contribution in [0, 0.1) is 5.41 Å². The van der Waals surface area contributed by atoms with Crippen LogP contribution in [0.3, 0.4) is 0 Å². The third-order valence-electron chi connectivity index (χ3n) is 5.16. The first-order valence-electron chi connectivity index (χ1n) is 8.13. The lowest BCUT2D eigenvalue weighted by Gasteiger charge is -2.37. The van der Waals surface area contributed by atoms with Gasteiger partial charge in [-0.1, -0.05) is 20.3 Å². The normalized spacial score (nSPS) is 35.2. The Morgan fingerprint density at radius 2 is 1.81 bits per heavy atom. The van der Waals surface area contributed by atoms with E-state index in [0.29, 0.717) is 11.8 Å². The topological polar surface area (TPSA) is 67.8 Å². The second-order valence-corrected chi connectivity index (χ2v) is 9.29. The first kappa shape index (κ1) is 15.1. The minimum Gasteiger partial charge on any atom is -0.460 e. The maximum atomic E-state index is 12.3. The Bertz CT molecular complexity index is 517. The maximum absolute atomic E-state index is 12.3. The van der Waals surface area contributed by atoms with E-state index >= 15 is 0 Å². The number of hydrogen-bond acceptors (Lipinski definition) is 4. The largest absolute Gasteiger partial charge is 0.460 e. The molecule has 21 heavy (non-hydrogen) atoms. The third kappa shape index (κ3) is 3.35. The molecule has 0 radical (unpaired) electrons. The van der Waals surface area contributed by atoms with Crippen molar-refractivity contribution < 1.29 is 13.2 Å². The molecule has 1 heterocycles. The molecule has 2 fully saturated rings. The fourth-order valence-corrected chi connectivity index (χ4v) is 5.17. The summed E-state index contributed by atoms with van der Waals surface area (Å²) in [5.41, 5.74) is 0.397. The van der Waals surface area contributed by atoms with E-state index in [-0.39, 0.29) is 18.2 Å². The summed E-state index contributed by atoms with van der Waals surface area (Å²) < 4.78 is 34.3. The summed E-state index contributed by atoms with van der Waals surface area (Å²) in [4.78, 5) is 0. The van der Waals surface area contributed by atoms with Crippen LogP contribution < -0.4 is 5.32 Å². The number of sulfonamides is 1.